The van der Waals surface area contributed by atoms with Gasteiger partial charge in [0.25, 0.3) is 0 Å². The van der Waals surface area contributed by atoms with Crippen LogP contribution in [0, 0.1) is 0 Å². The van der Waals surface area contributed by atoms with Crippen LogP contribution >= 0.6 is 0 Å². The van der Waals surface area contributed by atoms with Crippen molar-refractivity contribution < 1.29 is 19.0 Å². The van der Waals surface area contributed by atoms with Crippen molar-refractivity contribution >= 4 is 6.09 Å². The van der Waals surface area contributed by atoms with E-state index in [4.69, 9.17) is 9.47 Å². The molecule has 0 aromatic rings. The van der Waals surface area contributed by atoms with Gasteiger partial charge in [-0.05, 0) is 0 Å². The number of hydrogen-bond acceptors (Lipinski definition) is 4. The van der Waals surface area contributed by atoms with E-state index in [1.165, 1.54) is 7.11 Å². The summed E-state index contributed by atoms with van der Waals surface area (Å²) in [6.45, 7) is 1.48. The molecule has 5 nitrogen and oxygen atoms in total. The highest BCUT2D eigenvalue weighted by Gasteiger charge is 2.16. The number of carbonyl (C=O) groups is 1. The van der Waals surface area contributed by atoms with Crippen molar-refractivity contribution in [2.45, 2.75) is 6.23 Å². The number of hydrogen-bond donors (Lipinski definition) is 1. The normalized spacial score (nSPS) is 24.3. The van der Waals surface area contributed by atoms with E-state index in [1.807, 2.05) is 0 Å². The zero-order valence-electron chi connectivity index (χ0n) is 6.33. The maximum Gasteiger partial charge on any atom is 0.408 e. The number of carbonyl (C=O) groups excluding carboxylic acids is 1. The average molecular weight is 161 g/mol. The quantitative estimate of drug-likeness (QED) is 0.574. The highest BCUT2D eigenvalue weighted by molar-refractivity contribution is 5.67. The number of rotatable bonds is 1. The molecule has 0 radical (unpaired) electrons. The molecular weight excluding hydrogens is 150 g/mol. The third-order valence-corrected chi connectivity index (χ3v) is 1.28. The first-order chi connectivity index (χ1) is 5.33. The lowest BCUT2D eigenvalue weighted by Crippen LogP contribution is -2.43. The number of amides is 1. The summed E-state index contributed by atoms with van der Waals surface area (Å²) >= 11 is 0. The van der Waals surface area contributed by atoms with Crippen LogP contribution in [0.5, 0.6) is 0 Å². The molecule has 64 valence electrons. The molecule has 11 heavy (non-hydrogen) atoms. The fraction of sp³-hybridized carbons (Fsp3) is 0.833. The van der Waals surface area contributed by atoms with Gasteiger partial charge in [-0.1, -0.05) is 0 Å². The van der Waals surface area contributed by atoms with Crippen molar-refractivity contribution in [3.8, 4) is 0 Å². The van der Waals surface area contributed by atoms with Gasteiger partial charge in [0.15, 0.2) is 6.23 Å². The van der Waals surface area contributed by atoms with Gasteiger partial charge in [-0.25, -0.2) is 4.79 Å². The first-order valence-electron chi connectivity index (χ1n) is 3.37. The summed E-state index contributed by atoms with van der Waals surface area (Å²) < 4.78 is 14.5. The minimum Gasteiger partial charge on any atom is -0.453 e. The van der Waals surface area contributed by atoms with E-state index in [2.05, 4.69) is 10.1 Å². The molecule has 1 aliphatic rings. The van der Waals surface area contributed by atoms with E-state index in [9.17, 15) is 4.79 Å². The van der Waals surface area contributed by atoms with Crippen molar-refractivity contribution in [2.75, 3.05) is 26.9 Å². The van der Waals surface area contributed by atoms with Crippen LogP contribution in [-0.4, -0.2) is 39.3 Å². The average Bonchev–Trinajstić information content (AvgIpc) is 2.06. The molecule has 5 heteroatoms. The lowest BCUT2D eigenvalue weighted by molar-refractivity contribution is -0.0982. The van der Waals surface area contributed by atoms with Crippen LogP contribution in [0.25, 0.3) is 0 Å². The van der Waals surface area contributed by atoms with Crippen molar-refractivity contribution in [3.05, 3.63) is 0 Å². The summed E-state index contributed by atoms with van der Waals surface area (Å²) in [7, 11) is 1.30. The third kappa shape index (κ3) is 2.73. The molecule has 1 saturated heterocycles. The molecule has 1 fully saturated rings. The van der Waals surface area contributed by atoms with E-state index >= 15 is 0 Å². The van der Waals surface area contributed by atoms with E-state index in [-0.39, 0.29) is 6.23 Å². The predicted octanol–water partition coefficient (Wildman–Crippen LogP) is -0.285. The van der Waals surface area contributed by atoms with Gasteiger partial charge >= 0.3 is 6.09 Å². The molecule has 1 unspecified atom stereocenters. The van der Waals surface area contributed by atoms with E-state index in [1.54, 1.807) is 0 Å². The van der Waals surface area contributed by atoms with Gasteiger partial charge in [0.2, 0.25) is 0 Å². The molecule has 1 rings (SSSR count). The number of methoxy groups -OCH3 is 1. The monoisotopic (exact) mass is 161 g/mol. The fourth-order valence-electron chi connectivity index (χ4n) is 0.761. The molecule has 1 aliphatic heterocycles. The van der Waals surface area contributed by atoms with Crippen LogP contribution in [-0.2, 0) is 14.2 Å². The van der Waals surface area contributed by atoms with Crippen molar-refractivity contribution in [1.82, 2.24) is 5.32 Å². The topological polar surface area (TPSA) is 56.8 Å². The lowest BCUT2D eigenvalue weighted by Gasteiger charge is -2.22. The van der Waals surface area contributed by atoms with E-state index < -0.39 is 6.09 Å². The smallest absolute Gasteiger partial charge is 0.408 e. The molecule has 1 amide bonds. The van der Waals surface area contributed by atoms with Gasteiger partial charge < -0.3 is 14.2 Å². The number of nitrogens with one attached hydrogen (secondary N) is 1. The highest BCUT2D eigenvalue weighted by Crippen LogP contribution is 1.96. The van der Waals surface area contributed by atoms with Gasteiger partial charge in [-0.15, -0.1) is 0 Å². The first-order valence-corrected chi connectivity index (χ1v) is 3.37. The van der Waals surface area contributed by atoms with Gasteiger partial charge in [0.1, 0.15) is 0 Å². The molecule has 1 heterocycles. The predicted molar refractivity (Wildman–Crippen MR) is 36.1 cm³/mol. The summed E-state index contributed by atoms with van der Waals surface area (Å²) in [4.78, 5) is 10.6. The summed E-state index contributed by atoms with van der Waals surface area (Å²) in [5, 5.41) is 2.46. The Labute approximate surface area is 64.6 Å². The SMILES string of the molecule is COC(=O)NC1COCCO1. The molecule has 0 aromatic carbocycles. The van der Waals surface area contributed by atoms with Gasteiger partial charge in [0, 0.05) is 0 Å². The zero-order valence-corrected chi connectivity index (χ0v) is 6.33. The molecule has 0 aromatic heterocycles. The summed E-state index contributed by atoms with van der Waals surface area (Å²) in [6, 6.07) is 0. The van der Waals surface area contributed by atoms with Gasteiger partial charge in [-0.2, -0.15) is 0 Å². The minimum atomic E-state index is -0.500. The molecular formula is C6H11NO4. The Kier molecular flexibility index (Phi) is 3.13. The highest BCUT2D eigenvalue weighted by atomic mass is 16.6. The summed E-state index contributed by atoms with van der Waals surface area (Å²) in [6.07, 6.45) is -0.864. The standard InChI is InChI=1S/C6H11NO4/c1-9-6(8)7-5-4-10-2-3-11-5/h5H,2-4H2,1H3,(H,7,8). The number of ether oxygens (including phenoxy) is 3. The Morgan fingerprint density at radius 1 is 1.64 bits per heavy atom. The second kappa shape index (κ2) is 4.15. The van der Waals surface area contributed by atoms with E-state index in [0.29, 0.717) is 19.8 Å². The number of alkyl carbamates (subject to hydrolysis) is 1. The van der Waals surface area contributed by atoms with Crippen LogP contribution in [0.15, 0.2) is 0 Å². The maximum atomic E-state index is 10.6. The Balaban J connectivity index is 2.19. The van der Waals surface area contributed by atoms with Gasteiger partial charge in [-0.3, -0.25) is 5.32 Å². The fourth-order valence-corrected chi connectivity index (χ4v) is 0.761. The Bertz CT molecular complexity index is 133. The van der Waals surface area contributed by atoms with E-state index in [0.717, 1.165) is 0 Å². The van der Waals surface area contributed by atoms with Crippen LogP contribution in [0.3, 0.4) is 0 Å². The largest absolute Gasteiger partial charge is 0.453 e. The van der Waals surface area contributed by atoms with Crippen LogP contribution < -0.4 is 5.32 Å². The third-order valence-electron chi connectivity index (χ3n) is 1.28. The first kappa shape index (κ1) is 8.29. The maximum absolute atomic E-state index is 10.6. The lowest BCUT2D eigenvalue weighted by atomic mass is 10.5. The van der Waals surface area contributed by atoms with Crippen LogP contribution in [0.1, 0.15) is 0 Å². The second-order valence-electron chi connectivity index (χ2n) is 2.07. The second-order valence-corrected chi connectivity index (χ2v) is 2.07. The van der Waals surface area contributed by atoms with Crippen LogP contribution in [0.2, 0.25) is 0 Å². The van der Waals surface area contributed by atoms with Crippen molar-refractivity contribution in [3.63, 3.8) is 0 Å². The van der Waals surface area contributed by atoms with Crippen LogP contribution in [0.4, 0.5) is 4.79 Å². The molecule has 0 saturated carbocycles. The van der Waals surface area contributed by atoms with Crippen molar-refractivity contribution in [1.29, 1.82) is 0 Å². The Hall–Kier alpha value is -0.810. The molecule has 1 N–H and O–H groups in total. The summed E-state index contributed by atoms with van der Waals surface area (Å²) in [5.74, 6) is 0. The summed E-state index contributed by atoms with van der Waals surface area (Å²) in [5.41, 5.74) is 0. The molecule has 0 aliphatic carbocycles. The minimum absolute atomic E-state index is 0.365. The Morgan fingerprint density at radius 3 is 3.00 bits per heavy atom. The molecule has 0 spiro atoms. The van der Waals surface area contributed by atoms with Gasteiger partial charge in [0.05, 0.1) is 26.9 Å². The zero-order chi connectivity index (χ0) is 8.10. The van der Waals surface area contributed by atoms with Crippen molar-refractivity contribution in [2.24, 2.45) is 0 Å². The Morgan fingerprint density at radius 2 is 2.45 bits per heavy atom. The molecule has 0 bridgehead atoms. The molecule has 1 atom stereocenters.